The van der Waals surface area contributed by atoms with Gasteiger partial charge >= 0.3 is 0 Å². The highest BCUT2D eigenvalue weighted by Crippen LogP contribution is 2.36. The van der Waals surface area contributed by atoms with E-state index >= 15 is 0 Å². The lowest BCUT2D eigenvalue weighted by atomic mass is 10.00. The van der Waals surface area contributed by atoms with Crippen molar-refractivity contribution in [3.05, 3.63) is 53.1 Å². The Morgan fingerprint density at radius 1 is 0.933 bits per heavy atom. The number of aromatic hydroxyl groups is 1. The first-order valence-electron chi connectivity index (χ1n) is 4.73. The molecule has 0 saturated heterocycles. The van der Waals surface area contributed by atoms with Gasteiger partial charge in [0.2, 0.25) is 0 Å². The van der Waals surface area contributed by atoms with Gasteiger partial charge in [-0.1, -0.05) is 48.0 Å². The summed E-state index contributed by atoms with van der Waals surface area (Å²) in [5.74, 6) is 0.147. The maximum atomic E-state index is 9.84. The molecule has 0 spiro atoms. The van der Waals surface area contributed by atoms with Crippen LogP contribution >= 0.6 is 11.6 Å². The molecule has 2 rings (SSSR count). The Morgan fingerprint density at radius 3 is 2.33 bits per heavy atom. The van der Waals surface area contributed by atoms with Crippen molar-refractivity contribution in [2.24, 2.45) is 0 Å². The highest BCUT2D eigenvalue weighted by molar-refractivity contribution is 6.32. The second kappa shape index (κ2) is 3.95. The molecule has 0 bridgehead atoms. The maximum absolute atomic E-state index is 9.84. The molecule has 0 aliphatic heterocycles. The summed E-state index contributed by atoms with van der Waals surface area (Å²) >= 11 is 5.87. The Morgan fingerprint density at radius 2 is 1.60 bits per heavy atom. The molecule has 76 valence electrons. The van der Waals surface area contributed by atoms with E-state index in [1.165, 1.54) is 0 Å². The molecule has 0 aromatic heterocycles. The van der Waals surface area contributed by atoms with Gasteiger partial charge in [0.1, 0.15) is 5.75 Å². The summed E-state index contributed by atoms with van der Waals surface area (Å²) in [6.45, 7) is 2.01. The summed E-state index contributed by atoms with van der Waals surface area (Å²) in [4.78, 5) is 0. The fourth-order valence-corrected chi connectivity index (χ4v) is 1.78. The van der Waals surface area contributed by atoms with Crippen molar-refractivity contribution in [1.82, 2.24) is 0 Å². The van der Waals surface area contributed by atoms with E-state index in [9.17, 15) is 5.11 Å². The van der Waals surface area contributed by atoms with Crippen LogP contribution in [0.4, 0.5) is 0 Å². The lowest BCUT2D eigenvalue weighted by Crippen LogP contribution is -1.83. The number of para-hydroxylation sites is 1. The van der Waals surface area contributed by atoms with Gasteiger partial charge in [-0.25, -0.2) is 0 Å². The van der Waals surface area contributed by atoms with Crippen LogP contribution in [0.25, 0.3) is 11.1 Å². The molecule has 0 saturated carbocycles. The zero-order valence-corrected chi connectivity index (χ0v) is 9.12. The van der Waals surface area contributed by atoms with Gasteiger partial charge in [-0.2, -0.15) is 0 Å². The highest BCUT2D eigenvalue weighted by atomic mass is 35.5. The van der Waals surface area contributed by atoms with Crippen LogP contribution < -0.4 is 0 Å². The Bertz CT molecular complexity index is 492. The van der Waals surface area contributed by atoms with Gasteiger partial charge in [0.15, 0.2) is 0 Å². The number of hydrogen-bond acceptors (Lipinski definition) is 1. The number of halogens is 1. The standard InChI is InChI=1S/C13H11ClO/c1-9-5-2-3-6-10(9)11-7-4-8-12(14)13(11)15/h2-8,15H,1H3. The average Bonchev–Trinajstić information content (AvgIpc) is 2.23. The zero-order valence-electron chi connectivity index (χ0n) is 8.37. The van der Waals surface area contributed by atoms with Gasteiger partial charge in [0, 0.05) is 5.56 Å². The van der Waals surface area contributed by atoms with Crippen LogP contribution in [0, 0.1) is 6.92 Å². The number of aryl methyl sites for hydroxylation is 1. The Balaban J connectivity index is 2.65. The highest BCUT2D eigenvalue weighted by Gasteiger charge is 2.08. The maximum Gasteiger partial charge on any atom is 0.141 e. The summed E-state index contributed by atoms with van der Waals surface area (Å²) in [5.41, 5.74) is 2.91. The molecule has 1 N–H and O–H groups in total. The number of hydrogen-bond donors (Lipinski definition) is 1. The van der Waals surface area contributed by atoms with Gasteiger partial charge < -0.3 is 5.11 Å². The molecule has 0 fully saturated rings. The van der Waals surface area contributed by atoms with Crippen LogP contribution in [0.3, 0.4) is 0 Å². The molecule has 0 unspecified atom stereocenters. The van der Waals surface area contributed by atoms with Crippen molar-refractivity contribution < 1.29 is 5.11 Å². The molecule has 0 amide bonds. The Hall–Kier alpha value is -1.47. The van der Waals surface area contributed by atoms with Gasteiger partial charge in [-0.05, 0) is 24.1 Å². The predicted molar refractivity (Wildman–Crippen MR) is 63.3 cm³/mol. The van der Waals surface area contributed by atoms with Crippen LogP contribution in [0.5, 0.6) is 5.75 Å². The minimum atomic E-state index is 0.147. The average molecular weight is 219 g/mol. The quantitative estimate of drug-likeness (QED) is 0.767. The van der Waals surface area contributed by atoms with Crippen molar-refractivity contribution in [3.63, 3.8) is 0 Å². The van der Waals surface area contributed by atoms with Gasteiger partial charge in [0.25, 0.3) is 0 Å². The summed E-state index contributed by atoms with van der Waals surface area (Å²) in [6.07, 6.45) is 0. The van der Waals surface area contributed by atoms with Crippen LogP contribution in [0.2, 0.25) is 5.02 Å². The van der Waals surface area contributed by atoms with Crippen molar-refractivity contribution >= 4 is 11.6 Å². The molecule has 0 heterocycles. The van der Waals surface area contributed by atoms with Crippen LogP contribution in [-0.2, 0) is 0 Å². The summed E-state index contributed by atoms with van der Waals surface area (Å²) in [6, 6.07) is 13.3. The van der Waals surface area contributed by atoms with Crippen LogP contribution in [-0.4, -0.2) is 5.11 Å². The molecule has 2 aromatic carbocycles. The first-order valence-corrected chi connectivity index (χ1v) is 5.11. The molecular weight excluding hydrogens is 208 g/mol. The van der Waals surface area contributed by atoms with Crippen molar-refractivity contribution in [2.75, 3.05) is 0 Å². The fourth-order valence-electron chi connectivity index (χ4n) is 1.61. The summed E-state index contributed by atoms with van der Waals surface area (Å²) < 4.78 is 0. The van der Waals surface area contributed by atoms with E-state index in [0.717, 1.165) is 16.7 Å². The van der Waals surface area contributed by atoms with E-state index in [2.05, 4.69) is 0 Å². The van der Waals surface area contributed by atoms with Crippen molar-refractivity contribution in [3.8, 4) is 16.9 Å². The van der Waals surface area contributed by atoms with Gasteiger partial charge in [-0.15, -0.1) is 0 Å². The Labute approximate surface area is 94.0 Å². The third kappa shape index (κ3) is 1.83. The third-order valence-corrected chi connectivity index (χ3v) is 2.73. The van der Waals surface area contributed by atoms with Gasteiger partial charge in [-0.3, -0.25) is 0 Å². The first-order chi connectivity index (χ1) is 7.20. The molecule has 0 radical (unpaired) electrons. The molecule has 0 atom stereocenters. The van der Waals surface area contributed by atoms with E-state index in [0.29, 0.717) is 5.02 Å². The van der Waals surface area contributed by atoms with E-state index < -0.39 is 0 Å². The fraction of sp³-hybridized carbons (Fsp3) is 0.0769. The van der Waals surface area contributed by atoms with E-state index in [4.69, 9.17) is 11.6 Å². The lowest BCUT2D eigenvalue weighted by Gasteiger charge is -2.08. The SMILES string of the molecule is Cc1ccccc1-c1cccc(Cl)c1O. The minimum Gasteiger partial charge on any atom is -0.506 e. The van der Waals surface area contributed by atoms with E-state index in [-0.39, 0.29) is 5.75 Å². The van der Waals surface area contributed by atoms with E-state index in [1.54, 1.807) is 6.07 Å². The normalized spacial score (nSPS) is 10.3. The third-order valence-electron chi connectivity index (χ3n) is 2.42. The molecule has 0 aliphatic carbocycles. The molecule has 2 heteroatoms. The monoisotopic (exact) mass is 218 g/mol. The number of rotatable bonds is 1. The largest absolute Gasteiger partial charge is 0.506 e. The van der Waals surface area contributed by atoms with Crippen LogP contribution in [0.15, 0.2) is 42.5 Å². The van der Waals surface area contributed by atoms with E-state index in [1.807, 2.05) is 43.3 Å². The second-order valence-corrected chi connectivity index (χ2v) is 3.86. The molecular formula is C13H11ClO. The summed E-state index contributed by atoms with van der Waals surface area (Å²) in [7, 11) is 0. The smallest absolute Gasteiger partial charge is 0.141 e. The lowest BCUT2D eigenvalue weighted by molar-refractivity contribution is 0.477. The first kappa shape index (κ1) is 10.1. The Kier molecular flexibility index (Phi) is 2.65. The van der Waals surface area contributed by atoms with Crippen molar-refractivity contribution in [1.29, 1.82) is 0 Å². The number of phenolic OH excluding ortho intramolecular Hbond substituents is 1. The zero-order chi connectivity index (χ0) is 10.8. The topological polar surface area (TPSA) is 20.2 Å². The molecule has 2 aromatic rings. The second-order valence-electron chi connectivity index (χ2n) is 3.45. The summed E-state index contributed by atoms with van der Waals surface area (Å²) in [5, 5.41) is 10.2. The molecule has 15 heavy (non-hydrogen) atoms. The molecule has 1 nitrogen and oxygen atoms in total. The van der Waals surface area contributed by atoms with Gasteiger partial charge in [0.05, 0.1) is 5.02 Å². The predicted octanol–water partition coefficient (Wildman–Crippen LogP) is 4.02. The molecule has 0 aliphatic rings. The van der Waals surface area contributed by atoms with Crippen molar-refractivity contribution in [2.45, 2.75) is 6.92 Å². The minimum absolute atomic E-state index is 0.147. The number of benzene rings is 2. The van der Waals surface area contributed by atoms with Crippen LogP contribution in [0.1, 0.15) is 5.56 Å². The number of phenols is 1.